The number of amides is 1. The molecule has 1 aromatic heterocycles. The van der Waals surface area contributed by atoms with Crippen molar-refractivity contribution in [3.63, 3.8) is 0 Å². The van der Waals surface area contributed by atoms with Gasteiger partial charge in [-0.05, 0) is 61.2 Å². The Bertz CT molecular complexity index is 722. The van der Waals surface area contributed by atoms with Gasteiger partial charge in [0.15, 0.2) is 0 Å². The molecule has 3 atom stereocenters. The molecule has 3 unspecified atom stereocenters. The van der Waals surface area contributed by atoms with Crippen LogP contribution in [-0.2, 0) is 22.0 Å². The van der Waals surface area contributed by atoms with Gasteiger partial charge >= 0.3 is 0 Å². The topological polar surface area (TPSA) is 59.1 Å². The summed E-state index contributed by atoms with van der Waals surface area (Å²) in [5, 5.41) is 3.02. The van der Waals surface area contributed by atoms with E-state index in [1.807, 2.05) is 12.1 Å². The number of carbonyl (C=O) groups excluding carboxylic acids is 1. The minimum Gasteiger partial charge on any atom is -0.353 e. The lowest BCUT2D eigenvalue weighted by atomic mass is 10.1. The average molecular weight is 346 g/mol. The van der Waals surface area contributed by atoms with E-state index in [-0.39, 0.29) is 23.0 Å². The van der Waals surface area contributed by atoms with Gasteiger partial charge in [0.2, 0.25) is 5.91 Å². The largest absolute Gasteiger partial charge is 0.353 e. The Labute approximate surface area is 143 Å². The smallest absolute Gasteiger partial charge is 0.224 e. The van der Waals surface area contributed by atoms with Crippen molar-refractivity contribution in [1.29, 1.82) is 0 Å². The van der Waals surface area contributed by atoms with E-state index in [2.05, 4.69) is 10.3 Å². The Hall–Kier alpha value is -2.08. The van der Waals surface area contributed by atoms with Gasteiger partial charge in [0.1, 0.15) is 5.82 Å². The van der Waals surface area contributed by atoms with Gasteiger partial charge in [-0.15, -0.1) is 0 Å². The molecule has 0 saturated heterocycles. The van der Waals surface area contributed by atoms with Crippen molar-refractivity contribution >= 4 is 16.7 Å². The molecule has 3 rings (SSSR count). The standard InChI is InChI=1S/C18H19FN2O2S/c19-14-1-4-16(5-2-14)24(23)17-6-3-15(12-17)21-18(22)11-13-7-9-20-10-8-13/h1-2,4-5,7-10,15,17H,3,6,11-12H2,(H,21,22). The van der Waals surface area contributed by atoms with Crippen LogP contribution in [0.25, 0.3) is 0 Å². The van der Waals surface area contributed by atoms with Crippen LogP contribution in [0.3, 0.4) is 0 Å². The number of hydrogen-bond donors (Lipinski definition) is 1. The lowest BCUT2D eigenvalue weighted by Crippen LogP contribution is -2.34. The van der Waals surface area contributed by atoms with E-state index in [1.54, 1.807) is 24.5 Å². The van der Waals surface area contributed by atoms with E-state index in [9.17, 15) is 13.4 Å². The zero-order valence-electron chi connectivity index (χ0n) is 13.2. The lowest BCUT2D eigenvalue weighted by molar-refractivity contribution is -0.121. The van der Waals surface area contributed by atoms with Gasteiger partial charge in [-0.1, -0.05) is 0 Å². The Morgan fingerprint density at radius 1 is 1.17 bits per heavy atom. The third-order valence-electron chi connectivity index (χ3n) is 4.21. The summed E-state index contributed by atoms with van der Waals surface area (Å²) in [6.45, 7) is 0. The third kappa shape index (κ3) is 4.26. The number of carbonyl (C=O) groups is 1. The molecule has 0 bridgehead atoms. The SMILES string of the molecule is O=C(Cc1ccncc1)NC1CCC(S(=O)c2ccc(F)cc2)C1. The second-order valence-corrected chi connectivity index (χ2v) is 7.72. The Balaban J connectivity index is 1.52. The maximum Gasteiger partial charge on any atom is 0.224 e. The van der Waals surface area contributed by atoms with Crippen LogP contribution in [0.5, 0.6) is 0 Å². The van der Waals surface area contributed by atoms with Crippen LogP contribution in [0.15, 0.2) is 53.7 Å². The molecular formula is C18H19FN2O2S. The van der Waals surface area contributed by atoms with Gasteiger partial charge < -0.3 is 5.32 Å². The number of hydrogen-bond acceptors (Lipinski definition) is 3. The first-order valence-electron chi connectivity index (χ1n) is 7.96. The number of benzene rings is 1. The van der Waals surface area contributed by atoms with Crippen LogP contribution in [0.1, 0.15) is 24.8 Å². The van der Waals surface area contributed by atoms with Crippen LogP contribution in [-0.4, -0.2) is 26.4 Å². The highest BCUT2D eigenvalue weighted by Crippen LogP contribution is 2.27. The average Bonchev–Trinajstić information content (AvgIpc) is 3.04. The predicted octanol–water partition coefficient (Wildman–Crippen LogP) is 2.61. The third-order valence-corrected chi connectivity index (χ3v) is 5.98. The van der Waals surface area contributed by atoms with Gasteiger partial charge in [-0.25, -0.2) is 4.39 Å². The second-order valence-electron chi connectivity index (χ2n) is 5.98. The molecule has 24 heavy (non-hydrogen) atoms. The fraction of sp³-hybridized carbons (Fsp3) is 0.333. The molecule has 0 spiro atoms. The fourth-order valence-corrected chi connectivity index (χ4v) is 4.54. The summed E-state index contributed by atoms with van der Waals surface area (Å²) in [5.74, 6) is -0.358. The molecule has 1 heterocycles. The highest BCUT2D eigenvalue weighted by Gasteiger charge is 2.30. The van der Waals surface area contributed by atoms with Gasteiger partial charge in [0.25, 0.3) is 0 Å². The monoisotopic (exact) mass is 346 g/mol. The van der Waals surface area contributed by atoms with Crippen molar-refractivity contribution in [3.8, 4) is 0 Å². The van der Waals surface area contributed by atoms with Gasteiger partial charge in [-0.2, -0.15) is 0 Å². The summed E-state index contributed by atoms with van der Waals surface area (Å²) in [4.78, 5) is 16.7. The van der Waals surface area contributed by atoms with E-state index in [4.69, 9.17) is 0 Å². The molecule has 0 aliphatic heterocycles. The predicted molar refractivity (Wildman–Crippen MR) is 90.3 cm³/mol. The first-order valence-corrected chi connectivity index (χ1v) is 9.17. The highest BCUT2D eigenvalue weighted by atomic mass is 32.2. The molecule has 6 heteroatoms. The van der Waals surface area contributed by atoms with Crippen molar-refractivity contribution in [3.05, 3.63) is 60.2 Å². The first kappa shape index (κ1) is 16.8. The molecule has 1 saturated carbocycles. The molecule has 1 N–H and O–H groups in total. The summed E-state index contributed by atoms with van der Waals surface area (Å²) in [6, 6.07) is 9.49. The highest BCUT2D eigenvalue weighted by molar-refractivity contribution is 7.85. The molecule has 2 aromatic rings. The maximum absolute atomic E-state index is 13.0. The molecule has 4 nitrogen and oxygen atoms in total. The number of rotatable bonds is 5. The second kappa shape index (κ2) is 7.66. The van der Waals surface area contributed by atoms with Gasteiger partial charge in [-0.3, -0.25) is 14.0 Å². The summed E-state index contributed by atoms with van der Waals surface area (Å²) in [5.41, 5.74) is 0.923. The van der Waals surface area contributed by atoms with E-state index in [1.165, 1.54) is 12.1 Å². The molecule has 1 aromatic carbocycles. The Kier molecular flexibility index (Phi) is 5.35. The van der Waals surface area contributed by atoms with E-state index < -0.39 is 10.8 Å². The zero-order valence-corrected chi connectivity index (χ0v) is 14.0. The molecule has 1 fully saturated rings. The number of aromatic nitrogens is 1. The van der Waals surface area contributed by atoms with E-state index in [0.29, 0.717) is 17.7 Å². The molecule has 126 valence electrons. The summed E-state index contributed by atoms with van der Waals surface area (Å²) in [6.07, 6.45) is 5.96. The van der Waals surface area contributed by atoms with Crippen LogP contribution in [0.2, 0.25) is 0 Å². The molecule has 1 aliphatic rings. The van der Waals surface area contributed by atoms with E-state index >= 15 is 0 Å². The van der Waals surface area contributed by atoms with Crippen molar-refractivity contribution < 1.29 is 13.4 Å². The van der Waals surface area contributed by atoms with Gasteiger partial charge in [0.05, 0.1) is 17.2 Å². The van der Waals surface area contributed by atoms with Crippen molar-refractivity contribution in [2.24, 2.45) is 0 Å². The number of nitrogens with one attached hydrogen (secondary N) is 1. The fourth-order valence-electron chi connectivity index (χ4n) is 2.99. The maximum atomic E-state index is 13.0. The van der Waals surface area contributed by atoms with Crippen molar-refractivity contribution in [2.75, 3.05) is 0 Å². The van der Waals surface area contributed by atoms with Crippen LogP contribution in [0.4, 0.5) is 4.39 Å². The summed E-state index contributed by atoms with van der Waals surface area (Å²) < 4.78 is 25.5. The quantitative estimate of drug-likeness (QED) is 0.905. The zero-order chi connectivity index (χ0) is 16.9. The Morgan fingerprint density at radius 3 is 2.58 bits per heavy atom. The number of nitrogens with zero attached hydrogens (tertiary/aromatic N) is 1. The Morgan fingerprint density at radius 2 is 1.88 bits per heavy atom. The number of pyridine rings is 1. The van der Waals surface area contributed by atoms with Crippen LogP contribution < -0.4 is 5.32 Å². The van der Waals surface area contributed by atoms with Gasteiger partial charge in [0, 0.05) is 28.6 Å². The summed E-state index contributed by atoms with van der Waals surface area (Å²) in [7, 11) is -1.17. The first-order chi connectivity index (χ1) is 11.6. The van der Waals surface area contributed by atoms with Crippen LogP contribution >= 0.6 is 0 Å². The normalized spacial score (nSPS) is 21.4. The van der Waals surface area contributed by atoms with Crippen LogP contribution in [0, 0.1) is 5.82 Å². The van der Waals surface area contributed by atoms with Crippen molar-refractivity contribution in [1.82, 2.24) is 10.3 Å². The van der Waals surface area contributed by atoms with E-state index in [0.717, 1.165) is 18.4 Å². The molecule has 1 aliphatic carbocycles. The van der Waals surface area contributed by atoms with Crippen molar-refractivity contribution in [2.45, 2.75) is 41.9 Å². The summed E-state index contributed by atoms with van der Waals surface area (Å²) >= 11 is 0. The minimum absolute atomic E-state index is 0.00156. The molecule has 1 amide bonds. The lowest BCUT2D eigenvalue weighted by Gasteiger charge is -2.13. The minimum atomic E-state index is -1.17. The molecule has 0 radical (unpaired) electrons. The number of halogens is 1. The molecular weight excluding hydrogens is 327 g/mol.